The number of halogens is 1. The smallest absolute Gasteiger partial charge is 0.246 e. The van der Waals surface area contributed by atoms with Crippen molar-refractivity contribution < 1.29 is 13.2 Å². The molecule has 0 atom stereocenters. The van der Waals surface area contributed by atoms with Crippen LogP contribution in [0.25, 0.3) is 0 Å². The van der Waals surface area contributed by atoms with Gasteiger partial charge in [0.25, 0.3) is 0 Å². The standard InChI is InChI=1S/C11H18BrN3O3S/c1-4-15(5-6-18-3)19(16,17)10-7-9(12)8-14-11(10)13-2/h7-8H,4-6H2,1-3H3,(H,13,14). The minimum Gasteiger partial charge on any atom is -0.383 e. The lowest BCUT2D eigenvalue weighted by Gasteiger charge is -2.21. The third-order valence-electron chi connectivity index (χ3n) is 2.57. The van der Waals surface area contributed by atoms with Crippen LogP contribution >= 0.6 is 15.9 Å². The Labute approximate surface area is 122 Å². The molecule has 0 saturated heterocycles. The summed E-state index contributed by atoms with van der Waals surface area (Å²) >= 11 is 3.24. The highest BCUT2D eigenvalue weighted by atomic mass is 79.9. The lowest BCUT2D eigenvalue weighted by atomic mass is 10.4. The second-order valence-corrected chi connectivity index (χ2v) is 6.56. The van der Waals surface area contributed by atoms with E-state index in [1.54, 1.807) is 33.3 Å². The molecule has 6 nitrogen and oxygen atoms in total. The summed E-state index contributed by atoms with van der Waals surface area (Å²) in [4.78, 5) is 4.22. The first-order valence-corrected chi connectivity index (χ1v) is 8.03. The van der Waals surface area contributed by atoms with Gasteiger partial charge in [0, 0.05) is 37.9 Å². The van der Waals surface area contributed by atoms with E-state index in [0.717, 1.165) is 0 Å². The van der Waals surface area contributed by atoms with Crippen molar-refractivity contribution in [2.45, 2.75) is 11.8 Å². The molecule has 0 aliphatic carbocycles. The van der Waals surface area contributed by atoms with E-state index in [9.17, 15) is 8.42 Å². The highest BCUT2D eigenvalue weighted by Gasteiger charge is 2.26. The molecule has 0 aliphatic heterocycles. The summed E-state index contributed by atoms with van der Waals surface area (Å²) in [5.41, 5.74) is 0. The van der Waals surface area contributed by atoms with E-state index in [0.29, 0.717) is 30.0 Å². The Balaban J connectivity index is 3.20. The van der Waals surface area contributed by atoms with Crippen LogP contribution in [0.3, 0.4) is 0 Å². The third kappa shape index (κ3) is 3.88. The number of ether oxygens (including phenoxy) is 1. The third-order valence-corrected chi connectivity index (χ3v) is 4.99. The predicted molar refractivity (Wildman–Crippen MR) is 77.8 cm³/mol. The Bertz CT molecular complexity index is 522. The number of hydrogen-bond donors (Lipinski definition) is 1. The van der Waals surface area contributed by atoms with E-state index in [1.807, 2.05) is 0 Å². The molecule has 1 aromatic heterocycles. The molecule has 0 saturated carbocycles. The summed E-state index contributed by atoms with van der Waals surface area (Å²) in [6.45, 7) is 2.83. The van der Waals surface area contributed by atoms with Gasteiger partial charge in [-0.3, -0.25) is 0 Å². The molecule has 0 spiro atoms. The van der Waals surface area contributed by atoms with Gasteiger partial charge in [0.15, 0.2) is 0 Å². The largest absolute Gasteiger partial charge is 0.383 e. The van der Waals surface area contributed by atoms with Gasteiger partial charge < -0.3 is 10.1 Å². The second-order valence-electron chi connectivity index (χ2n) is 3.74. The zero-order valence-corrected chi connectivity index (χ0v) is 13.6. The van der Waals surface area contributed by atoms with Gasteiger partial charge in [-0.15, -0.1) is 0 Å². The first-order valence-electron chi connectivity index (χ1n) is 5.79. The zero-order valence-electron chi connectivity index (χ0n) is 11.2. The number of nitrogens with zero attached hydrogens (tertiary/aromatic N) is 2. The Hall–Kier alpha value is -0.700. The summed E-state index contributed by atoms with van der Waals surface area (Å²) < 4.78 is 32.1. The van der Waals surface area contributed by atoms with Gasteiger partial charge in [0.2, 0.25) is 10.0 Å². The first-order chi connectivity index (χ1) is 8.97. The fourth-order valence-electron chi connectivity index (χ4n) is 1.59. The van der Waals surface area contributed by atoms with Crippen molar-refractivity contribution >= 4 is 31.8 Å². The van der Waals surface area contributed by atoms with Gasteiger partial charge in [0.05, 0.1) is 6.61 Å². The second kappa shape index (κ2) is 7.18. The van der Waals surface area contributed by atoms with Crippen molar-refractivity contribution in [2.24, 2.45) is 0 Å². The van der Waals surface area contributed by atoms with E-state index >= 15 is 0 Å². The van der Waals surface area contributed by atoms with Gasteiger partial charge >= 0.3 is 0 Å². The van der Waals surface area contributed by atoms with Gasteiger partial charge in [-0.2, -0.15) is 4.31 Å². The van der Waals surface area contributed by atoms with Crippen LogP contribution in [0.1, 0.15) is 6.92 Å². The van der Waals surface area contributed by atoms with Crippen molar-refractivity contribution in [3.05, 3.63) is 16.7 Å². The molecule has 1 rings (SSSR count). The normalized spacial score (nSPS) is 11.8. The summed E-state index contributed by atoms with van der Waals surface area (Å²) in [6, 6.07) is 1.55. The highest BCUT2D eigenvalue weighted by Crippen LogP contribution is 2.25. The molecule has 1 N–H and O–H groups in total. The van der Waals surface area contributed by atoms with Gasteiger partial charge in [-0.05, 0) is 22.0 Å². The molecular weight excluding hydrogens is 334 g/mol. The van der Waals surface area contributed by atoms with Crippen molar-refractivity contribution in [1.29, 1.82) is 0 Å². The minimum atomic E-state index is -3.59. The van der Waals surface area contributed by atoms with Gasteiger partial charge in [0.1, 0.15) is 10.7 Å². The minimum absolute atomic E-state index is 0.155. The number of rotatable bonds is 7. The van der Waals surface area contributed by atoms with Crippen molar-refractivity contribution in [3.8, 4) is 0 Å². The van der Waals surface area contributed by atoms with Gasteiger partial charge in [-0.1, -0.05) is 6.92 Å². The first kappa shape index (κ1) is 16.4. The summed E-state index contributed by atoms with van der Waals surface area (Å²) in [6.07, 6.45) is 1.55. The van der Waals surface area contributed by atoms with Crippen molar-refractivity contribution in [3.63, 3.8) is 0 Å². The molecule has 0 unspecified atom stereocenters. The molecule has 19 heavy (non-hydrogen) atoms. The molecule has 0 aliphatic rings. The predicted octanol–water partition coefficient (Wildman–Crippen LogP) is 1.54. The lowest BCUT2D eigenvalue weighted by molar-refractivity contribution is 0.180. The van der Waals surface area contributed by atoms with Crippen LogP contribution in [0.15, 0.2) is 21.6 Å². The maximum absolute atomic E-state index is 12.6. The number of pyridine rings is 1. The van der Waals surface area contributed by atoms with E-state index in [2.05, 4.69) is 26.2 Å². The van der Waals surface area contributed by atoms with Crippen LogP contribution < -0.4 is 5.32 Å². The number of nitrogens with one attached hydrogen (secondary N) is 1. The van der Waals surface area contributed by atoms with Crippen LogP contribution in [-0.4, -0.2) is 51.6 Å². The van der Waals surface area contributed by atoms with E-state index in [-0.39, 0.29) is 4.90 Å². The summed E-state index contributed by atoms with van der Waals surface area (Å²) in [5, 5.41) is 2.79. The number of methoxy groups -OCH3 is 1. The molecule has 1 heterocycles. The molecule has 0 bridgehead atoms. The highest BCUT2D eigenvalue weighted by molar-refractivity contribution is 9.10. The number of likely N-dealkylation sites (N-methyl/N-ethyl adjacent to an activating group) is 1. The average molecular weight is 352 g/mol. The molecule has 0 radical (unpaired) electrons. The Morgan fingerprint density at radius 2 is 2.21 bits per heavy atom. The quantitative estimate of drug-likeness (QED) is 0.806. The molecule has 108 valence electrons. The number of aromatic nitrogens is 1. The van der Waals surface area contributed by atoms with E-state index < -0.39 is 10.0 Å². The van der Waals surface area contributed by atoms with Crippen molar-refractivity contribution in [1.82, 2.24) is 9.29 Å². The van der Waals surface area contributed by atoms with Crippen LogP contribution in [-0.2, 0) is 14.8 Å². The SMILES string of the molecule is CCN(CCOC)S(=O)(=O)c1cc(Br)cnc1NC. The topological polar surface area (TPSA) is 71.5 Å². The summed E-state index contributed by atoms with van der Waals surface area (Å²) in [7, 11) is -0.409. The Morgan fingerprint density at radius 3 is 2.74 bits per heavy atom. The van der Waals surface area contributed by atoms with E-state index in [4.69, 9.17) is 4.74 Å². The molecule has 0 fully saturated rings. The van der Waals surface area contributed by atoms with Crippen LogP contribution in [0.5, 0.6) is 0 Å². The number of hydrogen-bond acceptors (Lipinski definition) is 5. The molecule has 1 aromatic rings. The van der Waals surface area contributed by atoms with Crippen molar-refractivity contribution in [2.75, 3.05) is 39.2 Å². The van der Waals surface area contributed by atoms with Crippen LogP contribution in [0.2, 0.25) is 0 Å². The van der Waals surface area contributed by atoms with E-state index in [1.165, 1.54) is 4.31 Å². The maximum Gasteiger partial charge on any atom is 0.246 e. The monoisotopic (exact) mass is 351 g/mol. The molecule has 0 amide bonds. The molecule has 8 heteroatoms. The molecular formula is C11H18BrN3O3S. The van der Waals surface area contributed by atoms with Crippen LogP contribution in [0.4, 0.5) is 5.82 Å². The fourth-order valence-corrected chi connectivity index (χ4v) is 3.68. The Kier molecular flexibility index (Phi) is 6.18. The number of sulfonamides is 1. The van der Waals surface area contributed by atoms with Crippen LogP contribution in [0, 0.1) is 0 Å². The fraction of sp³-hybridized carbons (Fsp3) is 0.545. The maximum atomic E-state index is 12.6. The zero-order chi connectivity index (χ0) is 14.5. The van der Waals surface area contributed by atoms with Gasteiger partial charge in [-0.25, -0.2) is 13.4 Å². The Morgan fingerprint density at radius 1 is 1.53 bits per heavy atom. The lowest BCUT2D eigenvalue weighted by Crippen LogP contribution is -2.34. The molecule has 0 aromatic carbocycles. The average Bonchev–Trinajstić information content (AvgIpc) is 2.39. The summed E-state index contributed by atoms with van der Waals surface area (Å²) in [5.74, 6) is 0.332. The number of anilines is 1.